The van der Waals surface area contributed by atoms with Gasteiger partial charge in [0.15, 0.2) is 0 Å². The summed E-state index contributed by atoms with van der Waals surface area (Å²) in [6.45, 7) is 6.12. The normalized spacial score (nSPS) is 15.2. The number of nitrogens with zero attached hydrogens (tertiary/aromatic N) is 2. The minimum Gasteiger partial charge on any atom is -0.266 e. The molecule has 0 saturated carbocycles. The zero-order valence-electron chi connectivity index (χ0n) is 16.3. The fourth-order valence-corrected chi connectivity index (χ4v) is 3.24. The highest BCUT2D eigenvalue weighted by atomic mass is 16.2. The lowest BCUT2D eigenvalue weighted by Gasteiger charge is -2.19. The minimum absolute atomic E-state index is 0.109. The third-order valence-electron chi connectivity index (χ3n) is 4.81. The van der Waals surface area contributed by atoms with E-state index in [4.69, 9.17) is 4.99 Å². The first-order valence-electron chi connectivity index (χ1n) is 9.36. The van der Waals surface area contributed by atoms with E-state index in [1.165, 1.54) is 11.1 Å². The molecule has 0 radical (unpaired) electrons. The van der Waals surface area contributed by atoms with E-state index in [0.29, 0.717) is 11.5 Å². The number of aliphatic imine (C=N–C) groups is 1. The van der Waals surface area contributed by atoms with Gasteiger partial charge in [-0.25, -0.2) is 4.99 Å². The summed E-state index contributed by atoms with van der Waals surface area (Å²) in [7, 11) is 0. The fraction of sp³-hybridized carbons (Fsp3) is 0.120. The first-order valence-corrected chi connectivity index (χ1v) is 9.36. The molecule has 28 heavy (non-hydrogen) atoms. The molecule has 1 aliphatic heterocycles. The van der Waals surface area contributed by atoms with Crippen molar-refractivity contribution in [2.24, 2.45) is 4.99 Å². The molecule has 3 heteroatoms. The summed E-state index contributed by atoms with van der Waals surface area (Å²) < 4.78 is 0. The van der Waals surface area contributed by atoms with Crippen molar-refractivity contribution in [2.75, 3.05) is 4.90 Å². The lowest BCUT2D eigenvalue weighted by atomic mass is 10.1. The number of carbonyl (C=O) groups is 1. The zero-order chi connectivity index (χ0) is 19.7. The van der Waals surface area contributed by atoms with E-state index >= 15 is 0 Å². The molecule has 4 rings (SSSR count). The largest absolute Gasteiger partial charge is 0.282 e. The van der Waals surface area contributed by atoms with E-state index in [9.17, 15) is 4.79 Å². The minimum atomic E-state index is -0.109. The van der Waals surface area contributed by atoms with Crippen LogP contribution in [0.5, 0.6) is 0 Å². The van der Waals surface area contributed by atoms with Gasteiger partial charge in [-0.15, -0.1) is 0 Å². The Morgan fingerprint density at radius 3 is 2.07 bits per heavy atom. The van der Waals surface area contributed by atoms with Gasteiger partial charge in [-0.1, -0.05) is 71.8 Å². The molecule has 3 aromatic carbocycles. The van der Waals surface area contributed by atoms with E-state index in [1.54, 1.807) is 4.90 Å². The van der Waals surface area contributed by atoms with Gasteiger partial charge in [-0.05, 0) is 50.1 Å². The lowest BCUT2D eigenvalue weighted by Crippen LogP contribution is -2.32. The molecule has 1 aliphatic rings. The summed E-state index contributed by atoms with van der Waals surface area (Å²) in [6.07, 6.45) is 1.85. The molecule has 3 nitrogen and oxygen atoms in total. The van der Waals surface area contributed by atoms with Crippen molar-refractivity contribution in [1.29, 1.82) is 0 Å². The number of rotatable bonds is 3. The Kier molecular flexibility index (Phi) is 4.66. The number of hydrogen-bond donors (Lipinski definition) is 0. The predicted octanol–water partition coefficient (Wildman–Crippen LogP) is 5.45. The molecular formula is C25H22N2O. The Labute approximate surface area is 165 Å². The summed E-state index contributed by atoms with van der Waals surface area (Å²) in [5, 5.41) is 0. The number of aryl methyl sites for hydroxylation is 3. The monoisotopic (exact) mass is 366 g/mol. The van der Waals surface area contributed by atoms with Gasteiger partial charge in [0, 0.05) is 5.56 Å². The average Bonchev–Trinajstić information content (AvgIpc) is 3.00. The Bertz CT molecular complexity index is 1090. The second-order valence-corrected chi connectivity index (χ2v) is 7.22. The van der Waals surface area contributed by atoms with Gasteiger partial charge in [0.1, 0.15) is 11.5 Å². The van der Waals surface area contributed by atoms with Crippen molar-refractivity contribution in [3.63, 3.8) is 0 Å². The molecule has 0 spiro atoms. The number of carbonyl (C=O) groups excluding carboxylic acids is 1. The van der Waals surface area contributed by atoms with Gasteiger partial charge in [0.25, 0.3) is 5.91 Å². The average molecular weight is 366 g/mol. The molecule has 3 aromatic rings. The van der Waals surface area contributed by atoms with E-state index in [2.05, 4.69) is 0 Å². The summed E-state index contributed by atoms with van der Waals surface area (Å²) in [4.78, 5) is 19.7. The fourth-order valence-electron chi connectivity index (χ4n) is 3.24. The quantitative estimate of drug-likeness (QED) is 0.568. The molecule has 0 unspecified atom stereocenters. The molecule has 0 aromatic heterocycles. The van der Waals surface area contributed by atoms with Crippen LogP contribution < -0.4 is 4.90 Å². The highest BCUT2D eigenvalue weighted by Gasteiger charge is 2.32. The van der Waals surface area contributed by atoms with Crippen LogP contribution in [-0.2, 0) is 4.79 Å². The maximum atomic E-state index is 13.3. The van der Waals surface area contributed by atoms with Crippen LogP contribution in [0.15, 0.2) is 83.5 Å². The number of amides is 1. The van der Waals surface area contributed by atoms with Crippen LogP contribution in [0.1, 0.15) is 27.8 Å². The first-order chi connectivity index (χ1) is 13.5. The standard InChI is InChI=1S/C25H22N2O/c1-17-7-11-20(12-8-17)16-23-25(28)27(22-6-4-5-19(3)15-22)24(26-23)21-13-9-18(2)10-14-21/h4-16H,1-3H3/b23-16+. The molecule has 0 saturated heterocycles. The molecule has 0 atom stereocenters. The van der Waals surface area contributed by atoms with Gasteiger partial charge in [-0.3, -0.25) is 9.69 Å². The van der Waals surface area contributed by atoms with Crippen molar-refractivity contribution in [3.05, 3.63) is 106 Å². The highest BCUT2D eigenvalue weighted by Crippen LogP contribution is 2.28. The molecule has 1 amide bonds. The van der Waals surface area contributed by atoms with Crippen molar-refractivity contribution in [3.8, 4) is 0 Å². The van der Waals surface area contributed by atoms with Gasteiger partial charge in [-0.2, -0.15) is 0 Å². The third-order valence-corrected chi connectivity index (χ3v) is 4.81. The van der Waals surface area contributed by atoms with Crippen LogP contribution in [0.2, 0.25) is 0 Å². The van der Waals surface area contributed by atoms with Crippen molar-refractivity contribution < 1.29 is 4.79 Å². The van der Waals surface area contributed by atoms with E-state index in [0.717, 1.165) is 22.4 Å². The van der Waals surface area contributed by atoms with E-state index in [1.807, 2.05) is 99.6 Å². The number of benzene rings is 3. The molecule has 0 aliphatic carbocycles. The van der Waals surface area contributed by atoms with Crippen LogP contribution in [-0.4, -0.2) is 11.7 Å². The lowest BCUT2D eigenvalue weighted by molar-refractivity contribution is -0.113. The molecule has 0 bridgehead atoms. The van der Waals surface area contributed by atoms with E-state index < -0.39 is 0 Å². The second-order valence-electron chi connectivity index (χ2n) is 7.22. The molecule has 138 valence electrons. The maximum Gasteiger partial charge on any atom is 0.282 e. The highest BCUT2D eigenvalue weighted by molar-refractivity contribution is 6.33. The van der Waals surface area contributed by atoms with Crippen LogP contribution >= 0.6 is 0 Å². The van der Waals surface area contributed by atoms with Gasteiger partial charge >= 0.3 is 0 Å². The first kappa shape index (κ1) is 17.9. The van der Waals surface area contributed by atoms with Crippen molar-refractivity contribution >= 4 is 23.5 Å². The summed E-state index contributed by atoms with van der Waals surface area (Å²) in [6, 6.07) is 24.1. The molecule has 0 fully saturated rings. The Morgan fingerprint density at radius 1 is 0.786 bits per heavy atom. The topological polar surface area (TPSA) is 32.7 Å². The Morgan fingerprint density at radius 2 is 1.43 bits per heavy atom. The van der Waals surface area contributed by atoms with Gasteiger partial charge in [0.05, 0.1) is 5.69 Å². The molecule has 1 heterocycles. The Balaban J connectivity index is 1.82. The predicted molar refractivity (Wildman–Crippen MR) is 116 cm³/mol. The van der Waals surface area contributed by atoms with Gasteiger partial charge in [0.2, 0.25) is 0 Å². The summed E-state index contributed by atoms with van der Waals surface area (Å²) in [5.74, 6) is 0.552. The number of hydrogen-bond acceptors (Lipinski definition) is 2. The van der Waals surface area contributed by atoms with Crippen molar-refractivity contribution in [2.45, 2.75) is 20.8 Å². The van der Waals surface area contributed by atoms with Crippen LogP contribution in [0.4, 0.5) is 5.69 Å². The molecular weight excluding hydrogens is 344 g/mol. The number of anilines is 1. The molecule has 0 N–H and O–H groups in total. The SMILES string of the molecule is Cc1ccc(/C=C2/N=C(c3ccc(C)cc3)N(c3cccc(C)c3)C2=O)cc1. The summed E-state index contributed by atoms with van der Waals surface area (Å²) in [5.41, 5.74) is 6.62. The Hall–Kier alpha value is -3.46. The maximum absolute atomic E-state index is 13.3. The second kappa shape index (κ2) is 7.28. The summed E-state index contributed by atoms with van der Waals surface area (Å²) >= 11 is 0. The zero-order valence-corrected chi connectivity index (χ0v) is 16.3. The van der Waals surface area contributed by atoms with Crippen LogP contribution in [0.25, 0.3) is 6.08 Å². The van der Waals surface area contributed by atoms with Crippen LogP contribution in [0.3, 0.4) is 0 Å². The third kappa shape index (κ3) is 3.52. The smallest absolute Gasteiger partial charge is 0.266 e. The van der Waals surface area contributed by atoms with Gasteiger partial charge < -0.3 is 0 Å². The van der Waals surface area contributed by atoms with Crippen LogP contribution in [0, 0.1) is 20.8 Å². The van der Waals surface area contributed by atoms with E-state index in [-0.39, 0.29) is 5.91 Å². The van der Waals surface area contributed by atoms with Crippen molar-refractivity contribution in [1.82, 2.24) is 0 Å². The number of amidine groups is 1.